The molecular weight excluding hydrogens is 296 g/mol. The Bertz CT molecular complexity index is 322. The van der Waals surface area contributed by atoms with Crippen LogP contribution < -0.4 is 0 Å². The quantitative estimate of drug-likeness (QED) is 0.512. The lowest BCUT2D eigenvalue weighted by molar-refractivity contribution is -0.127. The van der Waals surface area contributed by atoms with Crippen molar-refractivity contribution in [3.63, 3.8) is 0 Å². The number of carbonyl (C=O) groups is 1. The first kappa shape index (κ1) is 21.4. The molecular formula is C22H40O2. The van der Waals surface area contributed by atoms with Gasteiger partial charge in [0.15, 0.2) is 5.78 Å². The van der Waals surface area contributed by atoms with E-state index in [1.807, 2.05) is 0 Å². The van der Waals surface area contributed by atoms with Gasteiger partial charge in [0.1, 0.15) is 6.10 Å². The molecule has 24 heavy (non-hydrogen) atoms. The second-order valence-electron chi connectivity index (χ2n) is 7.52. The van der Waals surface area contributed by atoms with Crippen LogP contribution in [0.15, 0.2) is 12.2 Å². The van der Waals surface area contributed by atoms with Gasteiger partial charge in [-0.3, -0.25) is 4.79 Å². The highest BCUT2D eigenvalue weighted by Crippen LogP contribution is 2.14. The SMILES string of the molecule is O=C1CCCCCCCCC=CCCCCCCCCCCC1O. The molecule has 1 rings (SSSR count). The van der Waals surface area contributed by atoms with E-state index in [9.17, 15) is 9.90 Å². The van der Waals surface area contributed by atoms with Crippen LogP contribution in [0.3, 0.4) is 0 Å². The summed E-state index contributed by atoms with van der Waals surface area (Å²) in [5.41, 5.74) is 0. The van der Waals surface area contributed by atoms with Gasteiger partial charge in [0.2, 0.25) is 0 Å². The lowest BCUT2D eigenvalue weighted by Gasteiger charge is -2.09. The van der Waals surface area contributed by atoms with Crippen LogP contribution in [0.1, 0.15) is 116 Å². The summed E-state index contributed by atoms with van der Waals surface area (Å²) in [6.07, 6.45) is 25.1. The fourth-order valence-electron chi connectivity index (χ4n) is 3.49. The monoisotopic (exact) mass is 336 g/mol. The molecule has 0 saturated heterocycles. The average Bonchev–Trinajstić information content (AvgIpc) is 2.58. The molecule has 0 saturated carbocycles. The van der Waals surface area contributed by atoms with E-state index in [1.165, 1.54) is 77.0 Å². The number of Topliss-reactive ketones (excluding diaryl/α,β-unsaturated/α-hetero) is 1. The van der Waals surface area contributed by atoms with Crippen LogP contribution in [-0.2, 0) is 4.79 Å². The first-order valence-electron chi connectivity index (χ1n) is 10.7. The molecule has 0 aromatic carbocycles. The average molecular weight is 337 g/mol. The van der Waals surface area contributed by atoms with Gasteiger partial charge in [-0.1, -0.05) is 82.8 Å². The third-order valence-corrected chi connectivity index (χ3v) is 5.18. The van der Waals surface area contributed by atoms with E-state index in [0.717, 1.165) is 25.7 Å². The Kier molecular flexibility index (Phi) is 14.2. The molecule has 0 aromatic heterocycles. The first-order chi connectivity index (χ1) is 11.8. The van der Waals surface area contributed by atoms with Crippen molar-refractivity contribution in [3.8, 4) is 0 Å². The molecule has 1 N–H and O–H groups in total. The smallest absolute Gasteiger partial charge is 0.161 e. The van der Waals surface area contributed by atoms with Gasteiger partial charge in [-0.25, -0.2) is 0 Å². The van der Waals surface area contributed by atoms with E-state index in [2.05, 4.69) is 12.2 Å². The number of ketones is 1. The summed E-state index contributed by atoms with van der Waals surface area (Å²) in [5.74, 6) is 0.0716. The van der Waals surface area contributed by atoms with Crippen LogP contribution in [-0.4, -0.2) is 17.0 Å². The molecule has 140 valence electrons. The summed E-state index contributed by atoms with van der Waals surface area (Å²) >= 11 is 0. The highest BCUT2D eigenvalue weighted by molar-refractivity contribution is 5.82. The number of aliphatic hydroxyl groups excluding tert-OH is 1. The predicted molar refractivity (Wildman–Crippen MR) is 103 cm³/mol. The van der Waals surface area contributed by atoms with Crippen LogP contribution in [0.2, 0.25) is 0 Å². The van der Waals surface area contributed by atoms with E-state index in [4.69, 9.17) is 0 Å². The molecule has 0 aromatic rings. The third-order valence-electron chi connectivity index (χ3n) is 5.18. The van der Waals surface area contributed by atoms with Crippen molar-refractivity contribution in [2.45, 2.75) is 122 Å². The lowest BCUT2D eigenvalue weighted by atomic mass is 10.0. The third kappa shape index (κ3) is 12.8. The van der Waals surface area contributed by atoms with Crippen LogP contribution in [0.4, 0.5) is 0 Å². The highest BCUT2D eigenvalue weighted by atomic mass is 16.3. The fraction of sp³-hybridized carbons (Fsp3) is 0.864. The number of aliphatic hydroxyl groups is 1. The van der Waals surface area contributed by atoms with Gasteiger partial charge in [-0.2, -0.15) is 0 Å². The summed E-state index contributed by atoms with van der Waals surface area (Å²) in [6, 6.07) is 0. The van der Waals surface area contributed by atoms with Crippen LogP contribution >= 0.6 is 0 Å². The standard InChI is InChI=1S/C22H40O2/c23-21-19-17-15-13-11-9-7-5-3-1-2-4-6-8-10-12-14-16-18-20-22(21)24/h1,3,22,24H,2,4-20H2. The van der Waals surface area contributed by atoms with Crippen LogP contribution in [0, 0.1) is 0 Å². The van der Waals surface area contributed by atoms with Crippen molar-refractivity contribution in [1.82, 2.24) is 0 Å². The largest absolute Gasteiger partial charge is 0.385 e. The minimum atomic E-state index is -0.699. The van der Waals surface area contributed by atoms with Crippen LogP contribution in [0.5, 0.6) is 0 Å². The highest BCUT2D eigenvalue weighted by Gasteiger charge is 2.13. The summed E-state index contributed by atoms with van der Waals surface area (Å²) < 4.78 is 0. The van der Waals surface area contributed by atoms with Crippen molar-refractivity contribution in [1.29, 1.82) is 0 Å². The maximum absolute atomic E-state index is 11.9. The number of hydrogen-bond acceptors (Lipinski definition) is 2. The Morgan fingerprint density at radius 1 is 0.625 bits per heavy atom. The van der Waals surface area contributed by atoms with Crippen molar-refractivity contribution < 1.29 is 9.90 Å². The number of hydrogen-bond donors (Lipinski definition) is 1. The summed E-state index contributed by atoms with van der Waals surface area (Å²) in [5, 5.41) is 9.94. The summed E-state index contributed by atoms with van der Waals surface area (Å²) in [4.78, 5) is 11.9. The first-order valence-corrected chi connectivity index (χ1v) is 10.7. The second kappa shape index (κ2) is 15.9. The zero-order valence-electron chi connectivity index (χ0n) is 15.8. The Hall–Kier alpha value is -0.630. The molecule has 0 spiro atoms. The minimum absolute atomic E-state index is 0.0716. The number of rotatable bonds is 0. The number of carbonyl (C=O) groups excluding carboxylic acids is 1. The molecule has 0 heterocycles. The molecule has 2 heteroatoms. The molecule has 2 nitrogen and oxygen atoms in total. The molecule has 0 aliphatic heterocycles. The molecule has 1 unspecified atom stereocenters. The molecule has 1 aliphatic rings. The van der Waals surface area contributed by atoms with Gasteiger partial charge in [0.05, 0.1) is 0 Å². The molecule has 1 aliphatic carbocycles. The van der Waals surface area contributed by atoms with Crippen molar-refractivity contribution >= 4 is 5.78 Å². The molecule has 1 atom stereocenters. The van der Waals surface area contributed by atoms with E-state index < -0.39 is 6.10 Å². The van der Waals surface area contributed by atoms with Crippen molar-refractivity contribution in [3.05, 3.63) is 12.2 Å². The van der Waals surface area contributed by atoms with Gasteiger partial charge in [-0.05, 0) is 38.5 Å². The van der Waals surface area contributed by atoms with Crippen LogP contribution in [0.25, 0.3) is 0 Å². The van der Waals surface area contributed by atoms with E-state index in [-0.39, 0.29) is 5.78 Å². The molecule has 0 fully saturated rings. The maximum atomic E-state index is 11.9. The van der Waals surface area contributed by atoms with Gasteiger partial charge < -0.3 is 5.11 Å². The Balaban J connectivity index is 2.21. The zero-order chi connectivity index (χ0) is 17.3. The Labute approximate surface area is 150 Å². The molecule has 0 amide bonds. The van der Waals surface area contributed by atoms with E-state index in [1.54, 1.807) is 0 Å². The van der Waals surface area contributed by atoms with Crippen molar-refractivity contribution in [2.24, 2.45) is 0 Å². The normalized spacial score (nSPS) is 25.5. The summed E-state index contributed by atoms with van der Waals surface area (Å²) in [7, 11) is 0. The lowest BCUT2D eigenvalue weighted by Crippen LogP contribution is -2.19. The Morgan fingerprint density at radius 2 is 1.04 bits per heavy atom. The fourth-order valence-corrected chi connectivity index (χ4v) is 3.49. The van der Waals surface area contributed by atoms with Gasteiger partial charge in [0, 0.05) is 6.42 Å². The zero-order valence-corrected chi connectivity index (χ0v) is 15.8. The Morgan fingerprint density at radius 3 is 1.58 bits per heavy atom. The van der Waals surface area contributed by atoms with Gasteiger partial charge >= 0.3 is 0 Å². The van der Waals surface area contributed by atoms with Crippen molar-refractivity contribution in [2.75, 3.05) is 0 Å². The van der Waals surface area contributed by atoms with E-state index in [0.29, 0.717) is 12.8 Å². The molecule has 0 bridgehead atoms. The summed E-state index contributed by atoms with van der Waals surface area (Å²) in [6.45, 7) is 0. The van der Waals surface area contributed by atoms with Gasteiger partial charge in [0.25, 0.3) is 0 Å². The molecule has 0 radical (unpaired) electrons. The second-order valence-corrected chi connectivity index (χ2v) is 7.52. The minimum Gasteiger partial charge on any atom is -0.385 e. The predicted octanol–water partition coefficient (Wildman–Crippen LogP) is 6.51. The maximum Gasteiger partial charge on any atom is 0.161 e. The number of allylic oxidation sites excluding steroid dienone is 2. The van der Waals surface area contributed by atoms with E-state index >= 15 is 0 Å². The topological polar surface area (TPSA) is 37.3 Å². The van der Waals surface area contributed by atoms with Gasteiger partial charge in [-0.15, -0.1) is 0 Å².